The molecule has 0 aliphatic carbocycles. The van der Waals surface area contributed by atoms with E-state index < -0.39 is 0 Å². The van der Waals surface area contributed by atoms with Gasteiger partial charge in [-0.1, -0.05) is 17.2 Å². The lowest BCUT2D eigenvalue weighted by Crippen LogP contribution is -2.13. The Bertz CT molecular complexity index is 1090. The molecule has 0 saturated heterocycles. The van der Waals surface area contributed by atoms with Crippen molar-refractivity contribution in [3.05, 3.63) is 77.4 Å². The highest BCUT2D eigenvalue weighted by Crippen LogP contribution is 2.31. The van der Waals surface area contributed by atoms with Gasteiger partial charge in [-0.2, -0.15) is 0 Å². The molecule has 0 bridgehead atoms. The van der Waals surface area contributed by atoms with Gasteiger partial charge in [-0.25, -0.2) is 4.98 Å². The van der Waals surface area contributed by atoms with Crippen molar-refractivity contribution >= 4 is 17.4 Å². The van der Waals surface area contributed by atoms with Crippen molar-refractivity contribution in [3.8, 4) is 11.3 Å². The van der Waals surface area contributed by atoms with E-state index in [1.807, 2.05) is 29.7 Å². The SMILES string of the molecule is Cc1cc(C)cc(-c2nc3cc(C)ccn3c2NC(=O)c2ccco2)c1. The van der Waals surface area contributed by atoms with Crippen LogP contribution in [-0.4, -0.2) is 15.3 Å². The summed E-state index contributed by atoms with van der Waals surface area (Å²) < 4.78 is 7.11. The Balaban J connectivity index is 1.89. The molecule has 5 nitrogen and oxygen atoms in total. The summed E-state index contributed by atoms with van der Waals surface area (Å²) in [4.78, 5) is 17.3. The number of rotatable bonds is 3. The lowest BCUT2D eigenvalue weighted by molar-refractivity contribution is 0.0996. The van der Waals surface area contributed by atoms with E-state index in [9.17, 15) is 4.79 Å². The first kappa shape index (κ1) is 16.1. The molecular formula is C21H19N3O2. The number of nitrogens with one attached hydrogen (secondary N) is 1. The minimum atomic E-state index is -0.303. The number of nitrogens with zero attached hydrogens (tertiary/aromatic N) is 2. The third-order valence-electron chi connectivity index (χ3n) is 4.25. The molecule has 1 aromatic carbocycles. The number of aromatic nitrogens is 2. The van der Waals surface area contributed by atoms with Crippen molar-refractivity contribution in [2.24, 2.45) is 0 Å². The highest BCUT2D eigenvalue weighted by molar-refractivity contribution is 6.04. The molecule has 0 unspecified atom stereocenters. The topological polar surface area (TPSA) is 59.5 Å². The van der Waals surface area contributed by atoms with Gasteiger partial charge in [0.15, 0.2) is 5.76 Å². The molecule has 0 atom stereocenters. The van der Waals surface area contributed by atoms with E-state index >= 15 is 0 Å². The van der Waals surface area contributed by atoms with Crippen LogP contribution in [0.25, 0.3) is 16.9 Å². The fraction of sp³-hybridized carbons (Fsp3) is 0.143. The molecule has 0 spiro atoms. The lowest BCUT2D eigenvalue weighted by Gasteiger charge is -2.08. The first-order valence-electron chi connectivity index (χ1n) is 8.43. The lowest BCUT2D eigenvalue weighted by atomic mass is 10.0. The van der Waals surface area contributed by atoms with Crippen LogP contribution in [0.4, 0.5) is 5.82 Å². The van der Waals surface area contributed by atoms with Crippen LogP contribution in [0.2, 0.25) is 0 Å². The maximum Gasteiger partial charge on any atom is 0.292 e. The minimum Gasteiger partial charge on any atom is -0.459 e. The molecule has 4 aromatic rings. The predicted octanol–water partition coefficient (Wildman–Crippen LogP) is 4.77. The van der Waals surface area contributed by atoms with Crippen molar-refractivity contribution < 1.29 is 9.21 Å². The first-order chi connectivity index (χ1) is 12.5. The molecule has 3 heterocycles. The molecule has 1 amide bonds. The van der Waals surface area contributed by atoms with Gasteiger partial charge < -0.3 is 9.73 Å². The molecule has 5 heteroatoms. The van der Waals surface area contributed by atoms with Crippen LogP contribution in [0.15, 0.2) is 59.3 Å². The number of anilines is 1. The number of carbonyl (C=O) groups is 1. The predicted molar refractivity (Wildman–Crippen MR) is 102 cm³/mol. The van der Waals surface area contributed by atoms with Crippen molar-refractivity contribution in [1.29, 1.82) is 0 Å². The molecule has 4 rings (SSSR count). The summed E-state index contributed by atoms with van der Waals surface area (Å²) in [5.74, 6) is 0.591. The third-order valence-corrected chi connectivity index (χ3v) is 4.25. The van der Waals surface area contributed by atoms with Gasteiger partial charge >= 0.3 is 0 Å². The standard InChI is InChI=1S/C21H19N3O2/c1-13-6-7-24-18(12-13)22-19(16-10-14(2)9-15(3)11-16)20(24)23-21(25)17-5-4-8-26-17/h4-12H,1-3H3,(H,23,25). The summed E-state index contributed by atoms with van der Waals surface area (Å²) in [7, 11) is 0. The van der Waals surface area contributed by atoms with Gasteiger partial charge in [0.25, 0.3) is 5.91 Å². The third kappa shape index (κ3) is 2.88. The smallest absolute Gasteiger partial charge is 0.292 e. The van der Waals surface area contributed by atoms with Gasteiger partial charge in [0, 0.05) is 11.8 Å². The Labute approximate surface area is 151 Å². The zero-order valence-corrected chi connectivity index (χ0v) is 14.9. The van der Waals surface area contributed by atoms with Crippen LogP contribution in [0.3, 0.4) is 0 Å². The summed E-state index contributed by atoms with van der Waals surface area (Å²) in [5, 5.41) is 2.96. The molecule has 26 heavy (non-hydrogen) atoms. The average Bonchev–Trinajstić information content (AvgIpc) is 3.22. The molecule has 0 aliphatic heterocycles. The van der Waals surface area contributed by atoms with Gasteiger partial charge in [0.2, 0.25) is 0 Å². The molecule has 0 aliphatic rings. The van der Waals surface area contributed by atoms with Gasteiger partial charge in [0.05, 0.1) is 6.26 Å². The minimum absolute atomic E-state index is 0.262. The number of amides is 1. The van der Waals surface area contributed by atoms with E-state index in [-0.39, 0.29) is 11.7 Å². The van der Waals surface area contributed by atoms with E-state index in [4.69, 9.17) is 9.40 Å². The monoisotopic (exact) mass is 345 g/mol. The zero-order valence-electron chi connectivity index (χ0n) is 14.9. The number of imidazole rings is 1. The molecule has 3 aromatic heterocycles. The first-order valence-corrected chi connectivity index (χ1v) is 8.43. The van der Waals surface area contributed by atoms with Crippen LogP contribution in [0.5, 0.6) is 0 Å². The van der Waals surface area contributed by atoms with E-state index in [2.05, 4.69) is 37.4 Å². The number of hydrogen-bond acceptors (Lipinski definition) is 3. The van der Waals surface area contributed by atoms with Gasteiger partial charge in [-0.3, -0.25) is 9.20 Å². The Morgan fingerprint density at radius 2 is 1.81 bits per heavy atom. The van der Waals surface area contributed by atoms with Crippen molar-refractivity contribution in [1.82, 2.24) is 9.38 Å². The van der Waals surface area contributed by atoms with Gasteiger partial charge in [-0.15, -0.1) is 0 Å². The van der Waals surface area contributed by atoms with Crippen LogP contribution < -0.4 is 5.32 Å². The van der Waals surface area contributed by atoms with Crippen molar-refractivity contribution in [2.75, 3.05) is 5.32 Å². The Hall–Kier alpha value is -3.34. The summed E-state index contributed by atoms with van der Waals surface area (Å²) in [6.45, 7) is 6.13. The molecule has 0 fully saturated rings. The fourth-order valence-corrected chi connectivity index (χ4v) is 3.16. The van der Waals surface area contributed by atoms with E-state index in [0.717, 1.165) is 33.6 Å². The Kier molecular flexibility index (Phi) is 3.84. The zero-order chi connectivity index (χ0) is 18.3. The van der Waals surface area contributed by atoms with Gasteiger partial charge in [-0.05, 0) is 62.7 Å². The molecular weight excluding hydrogens is 326 g/mol. The van der Waals surface area contributed by atoms with Crippen LogP contribution in [-0.2, 0) is 0 Å². The van der Waals surface area contributed by atoms with Crippen LogP contribution in [0.1, 0.15) is 27.2 Å². The Morgan fingerprint density at radius 1 is 1.04 bits per heavy atom. The largest absolute Gasteiger partial charge is 0.459 e. The second-order valence-corrected chi connectivity index (χ2v) is 6.55. The summed E-state index contributed by atoms with van der Waals surface area (Å²) in [5.41, 5.74) is 5.90. The molecule has 1 N–H and O–H groups in total. The second kappa shape index (κ2) is 6.19. The number of benzene rings is 1. The maximum atomic E-state index is 12.6. The fourth-order valence-electron chi connectivity index (χ4n) is 3.16. The molecule has 130 valence electrons. The Morgan fingerprint density at radius 3 is 2.50 bits per heavy atom. The summed E-state index contributed by atoms with van der Waals surface area (Å²) in [6, 6.07) is 13.6. The summed E-state index contributed by atoms with van der Waals surface area (Å²) >= 11 is 0. The molecule has 0 radical (unpaired) electrons. The second-order valence-electron chi connectivity index (χ2n) is 6.55. The summed E-state index contributed by atoms with van der Waals surface area (Å²) in [6.07, 6.45) is 3.40. The van der Waals surface area contributed by atoms with Crippen molar-refractivity contribution in [2.45, 2.75) is 20.8 Å². The van der Waals surface area contributed by atoms with Crippen LogP contribution >= 0.6 is 0 Å². The number of hydrogen-bond donors (Lipinski definition) is 1. The average molecular weight is 345 g/mol. The number of carbonyl (C=O) groups excluding carboxylic acids is 1. The van der Waals surface area contributed by atoms with Crippen LogP contribution in [0, 0.1) is 20.8 Å². The quantitative estimate of drug-likeness (QED) is 0.582. The number of aryl methyl sites for hydroxylation is 3. The number of furan rings is 1. The van der Waals surface area contributed by atoms with Crippen molar-refractivity contribution in [3.63, 3.8) is 0 Å². The highest BCUT2D eigenvalue weighted by atomic mass is 16.3. The van der Waals surface area contributed by atoms with E-state index in [1.165, 1.54) is 6.26 Å². The van der Waals surface area contributed by atoms with Gasteiger partial charge in [0.1, 0.15) is 17.2 Å². The highest BCUT2D eigenvalue weighted by Gasteiger charge is 2.19. The van der Waals surface area contributed by atoms with E-state index in [1.54, 1.807) is 12.1 Å². The maximum absolute atomic E-state index is 12.6. The van der Waals surface area contributed by atoms with E-state index in [0.29, 0.717) is 5.82 Å². The molecule has 0 saturated carbocycles. The number of pyridine rings is 1. The normalized spacial score (nSPS) is 11.0. The number of fused-ring (bicyclic) bond motifs is 1.